The molecule has 1 aliphatic carbocycles. The van der Waals surface area contributed by atoms with E-state index in [-0.39, 0.29) is 17.3 Å². The van der Waals surface area contributed by atoms with Gasteiger partial charge in [0.1, 0.15) is 5.60 Å². The molecule has 0 aromatic heterocycles. The zero-order chi connectivity index (χ0) is 17.3. The van der Waals surface area contributed by atoms with E-state index in [0.717, 1.165) is 24.8 Å². The summed E-state index contributed by atoms with van der Waals surface area (Å²) in [6, 6.07) is 0. The van der Waals surface area contributed by atoms with E-state index in [2.05, 4.69) is 6.08 Å². The molecule has 23 heavy (non-hydrogen) atoms. The van der Waals surface area contributed by atoms with Gasteiger partial charge in [-0.3, -0.25) is 4.79 Å². The predicted octanol–water partition coefficient (Wildman–Crippen LogP) is 2.98. The Morgan fingerprint density at radius 1 is 1.30 bits per heavy atom. The number of likely N-dealkylation sites (tertiary alicyclic amines) is 1. The molecule has 2 rings (SSSR count). The molecule has 5 nitrogen and oxygen atoms in total. The average Bonchev–Trinajstić information content (AvgIpc) is 2.41. The van der Waals surface area contributed by atoms with Crippen molar-refractivity contribution in [3.05, 3.63) is 23.9 Å². The first kappa shape index (κ1) is 17.6. The van der Waals surface area contributed by atoms with Gasteiger partial charge in [0.25, 0.3) is 0 Å². The van der Waals surface area contributed by atoms with Gasteiger partial charge in [0, 0.05) is 39.0 Å². The van der Waals surface area contributed by atoms with Crippen LogP contribution in [0.25, 0.3) is 0 Å². The maximum atomic E-state index is 12.2. The molecule has 0 bridgehead atoms. The van der Waals surface area contributed by atoms with E-state index in [1.54, 1.807) is 11.0 Å². The van der Waals surface area contributed by atoms with E-state index in [4.69, 9.17) is 4.74 Å². The number of piperidine rings is 1. The van der Waals surface area contributed by atoms with E-state index in [1.807, 2.05) is 46.0 Å². The average molecular weight is 320 g/mol. The molecule has 128 valence electrons. The summed E-state index contributed by atoms with van der Waals surface area (Å²) in [5.41, 5.74) is 0.377. The number of hydrogen-bond acceptors (Lipinski definition) is 4. The number of carbonyl (C=O) groups excluding carboxylic acids is 2. The summed E-state index contributed by atoms with van der Waals surface area (Å²) in [6.07, 6.45) is 7.89. The number of allylic oxidation sites excluding steroid dienone is 3. The van der Waals surface area contributed by atoms with Crippen LogP contribution in [0.3, 0.4) is 0 Å². The highest BCUT2D eigenvalue weighted by Crippen LogP contribution is 2.42. The summed E-state index contributed by atoms with van der Waals surface area (Å²) in [4.78, 5) is 27.9. The molecule has 0 radical (unpaired) electrons. The Labute approximate surface area is 139 Å². The predicted molar refractivity (Wildman–Crippen MR) is 90.0 cm³/mol. The SMILES string of the molecule is CN(C)C=C1CC2(C=CC1=O)CCN(C(=O)OC(C)(C)C)CC2. The molecule has 0 N–H and O–H groups in total. The lowest BCUT2D eigenvalue weighted by Crippen LogP contribution is -2.45. The lowest BCUT2D eigenvalue weighted by Gasteiger charge is -2.42. The molecule has 1 fully saturated rings. The minimum Gasteiger partial charge on any atom is -0.444 e. The Bertz CT molecular complexity index is 533. The maximum absolute atomic E-state index is 12.2. The van der Waals surface area contributed by atoms with Gasteiger partial charge in [-0.05, 0) is 51.5 Å². The summed E-state index contributed by atoms with van der Waals surface area (Å²) in [6.45, 7) is 6.98. The van der Waals surface area contributed by atoms with Gasteiger partial charge in [-0.1, -0.05) is 6.08 Å². The van der Waals surface area contributed by atoms with Gasteiger partial charge in [-0.2, -0.15) is 0 Å². The van der Waals surface area contributed by atoms with Crippen molar-refractivity contribution in [2.75, 3.05) is 27.2 Å². The lowest BCUT2D eigenvalue weighted by atomic mass is 9.70. The van der Waals surface area contributed by atoms with Crippen LogP contribution < -0.4 is 0 Å². The zero-order valence-corrected chi connectivity index (χ0v) is 14.9. The Hall–Kier alpha value is -1.78. The van der Waals surface area contributed by atoms with Crippen molar-refractivity contribution in [2.24, 2.45) is 5.41 Å². The van der Waals surface area contributed by atoms with Crippen LogP contribution in [0.15, 0.2) is 23.9 Å². The molecular weight excluding hydrogens is 292 g/mol. The van der Waals surface area contributed by atoms with Crippen molar-refractivity contribution in [1.29, 1.82) is 0 Å². The third-order valence-corrected chi connectivity index (χ3v) is 4.27. The molecule has 0 aromatic carbocycles. The molecule has 0 atom stereocenters. The summed E-state index contributed by atoms with van der Waals surface area (Å²) in [7, 11) is 3.85. The van der Waals surface area contributed by atoms with Crippen LogP contribution in [0.5, 0.6) is 0 Å². The van der Waals surface area contributed by atoms with Gasteiger partial charge in [-0.25, -0.2) is 4.79 Å². The van der Waals surface area contributed by atoms with Crippen molar-refractivity contribution in [1.82, 2.24) is 9.80 Å². The summed E-state index contributed by atoms with van der Waals surface area (Å²) >= 11 is 0. The van der Waals surface area contributed by atoms with Crippen LogP contribution in [-0.4, -0.2) is 54.5 Å². The second-order valence-corrected chi connectivity index (χ2v) is 7.82. The summed E-state index contributed by atoms with van der Waals surface area (Å²) < 4.78 is 5.44. The second kappa shape index (κ2) is 6.38. The molecule has 1 heterocycles. The van der Waals surface area contributed by atoms with Crippen molar-refractivity contribution >= 4 is 11.9 Å². The van der Waals surface area contributed by atoms with Crippen LogP contribution in [0, 0.1) is 5.41 Å². The van der Waals surface area contributed by atoms with E-state index in [9.17, 15) is 9.59 Å². The number of amides is 1. The van der Waals surface area contributed by atoms with Crippen molar-refractivity contribution in [2.45, 2.75) is 45.6 Å². The molecule has 2 aliphatic rings. The molecule has 1 spiro atoms. The fraction of sp³-hybridized carbons (Fsp3) is 0.667. The quantitative estimate of drug-likeness (QED) is 0.697. The first-order chi connectivity index (χ1) is 10.6. The zero-order valence-electron chi connectivity index (χ0n) is 14.9. The molecular formula is C18H28N2O3. The fourth-order valence-corrected chi connectivity index (χ4v) is 3.11. The maximum Gasteiger partial charge on any atom is 0.410 e. The van der Waals surface area contributed by atoms with Gasteiger partial charge >= 0.3 is 6.09 Å². The van der Waals surface area contributed by atoms with E-state index in [1.165, 1.54) is 0 Å². The number of ether oxygens (including phenoxy) is 1. The summed E-state index contributed by atoms with van der Waals surface area (Å²) in [5.74, 6) is 0.0962. The minimum atomic E-state index is -0.467. The smallest absolute Gasteiger partial charge is 0.410 e. The van der Waals surface area contributed by atoms with E-state index >= 15 is 0 Å². The fourth-order valence-electron chi connectivity index (χ4n) is 3.11. The molecule has 1 aliphatic heterocycles. The Balaban J connectivity index is 2.02. The number of carbonyl (C=O) groups is 2. The van der Waals surface area contributed by atoms with Gasteiger partial charge < -0.3 is 14.5 Å². The first-order valence-corrected chi connectivity index (χ1v) is 8.19. The monoisotopic (exact) mass is 320 g/mol. The van der Waals surface area contributed by atoms with Crippen LogP contribution in [0.4, 0.5) is 4.79 Å². The minimum absolute atomic E-state index is 0.00569. The Kier molecular flexibility index (Phi) is 4.87. The third-order valence-electron chi connectivity index (χ3n) is 4.27. The highest BCUT2D eigenvalue weighted by molar-refractivity contribution is 6.05. The highest BCUT2D eigenvalue weighted by atomic mass is 16.6. The van der Waals surface area contributed by atoms with Gasteiger partial charge in [0.05, 0.1) is 0 Å². The van der Waals surface area contributed by atoms with Gasteiger partial charge in [0.2, 0.25) is 0 Å². The van der Waals surface area contributed by atoms with E-state index < -0.39 is 5.60 Å². The number of nitrogens with zero attached hydrogens (tertiary/aromatic N) is 2. The molecule has 1 saturated heterocycles. The van der Waals surface area contributed by atoms with Crippen LogP contribution in [0.1, 0.15) is 40.0 Å². The van der Waals surface area contributed by atoms with Gasteiger partial charge in [0.15, 0.2) is 5.78 Å². The van der Waals surface area contributed by atoms with Crippen LogP contribution >= 0.6 is 0 Å². The first-order valence-electron chi connectivity index (χ1n) is 8.19. The number of hydrogen-bond donors (Lipinski definition) is 0. The van der Waals surface area contributed by atoms with Crippen LogP contribution in [-0.2, 0) is 9.53 Å². The molecule has 0 unspecified atom stereocenters. The molecule has 5 heteroatoms. The molecule has 1 amide bonds. The largest absolute Gasteiger partial charge is 0.444 e. The standard InChI is InChI=1S/C18H28N2O3/c1-17(2,3)23-16(22)20-10-8-18(9-11-20)7-6-15(21)14(12-18)13-19(4)5/h6-7,13H,8-12H2,1-5H3. The normalized spacial score (nSPS) is 22.6. The highest BCUT2D eigenvalue weighted by Gasteiger charge is 2.38. The lowest BCUT2D eigenvalue weighted by molar-refractivity contribution is -0.112. The second-order valence-electron chi connectivity index (χ2n) is 7.82. The van der Waals surface area contributed by atoms with Crippen molar-refractivity contribution in [3.8, 4) is 0 Å². The van der Waals surface area contributed by atoms with Crippen molar-refractivity contribution in [3.63, 3.8) is 0 Å². The summed E-state index contributed by atoms with van der Waals surface area (Å²) in [5, 5.41) is 0. The Morgan fingerprint density at radius 2 is 1.91 bits per heavy atom. The van der Waals surface area contributed by atoms with E-state index in [0.29, 0.717) is 13.1 Å². The van der Waals surface area contributed by atoms with Crippen LogP contribution in [0.2, 0.25) is 0 Å². The molecule has 0 saturated carbocycles. The third kappa shape index (κ3) is 4.60. The number of ketones is 1. The molecule has 0 aromatic rings. The topological polar surface area (TPSA) is 49.9 Å². The van der Waals surface area contributed by atoms with Crippen molar-refractivity contribution < 1.29 is 14.3 Å². The van der Waals surface area contributed by atoms with Gasteiger partial charge in [-0.15, -0.1) is 0 Å². The Morgan fingerprint density at radius 3 is 2.43 bits per heavy atom. The number of rotatable bonds is 1.